The van der Waals surface area contributed by atoms with Crippen LogP contribution in [0.1, 0.15) is 17.7 Å². The van der Waals surface area contributed by atoms with Gasteiger partial charge in [0.2, 0.25) is 0 Å². The first kappa shape index (κ1) is 12.6. The Morgan fingerprint density at radius 3 is 2.39 bits per heavy atom. The van der Waals surface area contributed by atoms with E-state index in [-0.39, 0.29) is 16.7 Å². The number of aryl methyl sites for hydroxylation is 2. The zero-order valence-corrected chi connectivity index (χ0v) is 9.72. The maximum absolute atomic E-state index is 13.7. The van der Waals surface area contributed by atoms with Crippen molar-refractivity contribution >= 4 is 0 Å². The van der Waals surface area contributed by atoms with E-state index >= 15 is 0 Å². The van der Waals surface area contributed by atoms with E-state index in [1.807, 2.05) is 0 Å². The number of alkyl halides is 2. The highest BCUT2D eigenvalue weighted by molar-refractivity contribution is 5.66. The molecule has 0 aliphatic heterocycles. The zero-order valence-electron chi connectivity index (χ0n) is 9.72. The molecular weight excluding hydrogens is 248 g/mol. The second-order valence-electron chi connectivity index (χ2n) is 3.98. The quantitative estimate of drug-likeness (QED) is 0.752. The predicted octanol–water partition coefficient (Wildman–Crippen LogP) is 3.61. The smallest absolute Gasteiger partial charge is 0.275 e. The lowest BCUT2D eigenvalue weighted by Gasteiger charge is -2.05. The van der Waals surface area contributed by atoms with Crippen molar-refractivity contribution in [2.24, 2.45) is 7.05 Å². The lowest BCUT2D eigenvalue weighted by atomic mass is 10.0. The maximum Gasteiger partial charge on any atom is 0.282 e. The summed E-state index contributed by atoms with van der Waals surface area (Å²) in [4.78, 5) is 0. The van der Waals surface area contributed by atoms with Crippen LogP contribution < -0.4 is 0 Å². The van der Waals surface area contributed by atoms with Crippen LogP contribution in [0.3, 0.4) is 0 Å². The molecule has 2 rings (SSSR count). The summed E-state index contributed by atoms with van der Waals surface area (Å²) >= 11 is 0. The molecule has 0 saturated carbocycles. The molecule has 2 aromatic rings. The summed E-state index contributed by atoms with van der Waals surface area (Å²) in [6.45, 7) is 1.40. The molecule has 0 N–H and O–H groups in total. The molecule has 0 atom stereocenters. The Labute approximate surface area is 101 Å². The van der Waals surface area contributed by atoms with Gasteiger partial charge in [-0.15, -0.1) is 0 Å². The molecule has 0 unspecified atom stereocenters. The van der Waals surface area contributed by atoms with Crippen molar-refractivity contribution in [2.75, 3.05) is 0 Å². The first-order chi connectivity index (χ1) is 8.40. The molecule has 1 heterocycles. The van der Waals surface area contributed by atoms with Crippen LogP contribution in [0.25, 0.3) is 11.1 Å². The van der Waals surface area contributed by atoms with Gasteiger partial charge in [0.15, 0.2) is 0 Å². The lowest BCUT2D eigenvalue weighted by molar-refractivity contribution is 0.146. The molecule has 6 heteroatoms. The minimum atomic E-state index is -2.84. The number of halogens is 4. The second kappa shape index (κ2) is 4.44. The summed E-state index contributed by atoms with van der Waals surface area (Å²) in [6.07, 6.45) is -1.60. The second-order valence-corrected chi connectivity index (χ2v) is 3.98. The summed E-state index contributed by atoms with van der Waals surface area (Å²) in [5.74, 6) is -1.39. The molecule has 0 aliphatic carbocycles. The van der Waals surface area contributed by atoms with Gasteiger partial charge in [0.05, 0.1) is 0 Å². The van der Waals surface area contributed by atoms with Gasteiger partial charge in [0.25, 0.3) is 6.43 Å². The average molecular weight is 258 g/mol. The van der Waals surface area contributed by atoms with Gasteiger partial charge in [-0.2, -0.15) is 5.10 Å². The van der Waals surface area contributed by atoms with E-state index in [9.17, 15) is 17.6 Å². The minimum absolute atomic E-state index is 0.0936. The highest BCUT2D eigenvalue weighted by Gasteiger charge is 2.21. The van der Waals surface area contributed by atoms with E-state index < -0.39 is 23.8 Å². The molecule has 0 radical (unpaired) electrons. The van der Waals surface area contributed by atoms with E-state index in [0.717, 1.165) is 16.8 Å². The van der Waals surface area contributed by atoms with Gasteiger partial charge in [0.1, 0.15) is 17.3 Å². The van der Waals surface area contributed by atoms with E-state index in [1.54, 1.807) is 0 Å². The van der Waals surface area contributed by atoms with E-state index in [0.29, 0.717) is 0 Å². The monoisotopic (exact) mass is 258 g/mol. The largest absolute Gasteiger partial charge is 0.282 e. The van der Waals surface area contributed by atoms with Crippen LogP contribution in [0.15, 0.2) is 18.3 Å². The molecule has 96 valence electrons. The molecule has 18 heavy (non-hydrogen) atoms. The molecule has 0 fully saturated rings. The summed E-state index contributed by atoms with van der Waals surface area (Å²) in [7, 11) is 1.44. The minimum Gasteiger partial charge on any atom is -0.275 e. The standard InChI is InChI=1S/C12H10F4N2/c1-6-3-10(14)7(4-9(6)13)8-5-18(2)17-11(8)12(15)16/h3-5,12H,1-2H3. The van der Waals surface area contributed by atoms with E-state index in [4.69, 9.17) is 0 Å². The van der Waals surface area contributed by atoms with Crippen molar-refractivity contribution in [1.82, 2.24) is 9.78 Å². The van der Waals surface area contributed by atoms with Gasteiger partial charge in [-0.05, 0) is 24.6 Å². The third-order valence-electron chi connectivity index (χ3n) is 2.60. The summed E-state index contributed by atoms with van der Waals surface area (Å²) in [6, 6.07) is 1.89. The van der Waals surface area contributed by atoms with Crippen LogP contribution >= 0.6 is 0 Å². The molecule has 0 aliphatic rings. The molecular formula is C12H10F4N2. The average Bonchev–Trinajstić information content (AvgIpc) is 2.65. The summed E-state index contributed by atoms with van der Waals surface area (Å²) in [5.41, 5.74) is -0.733. The van der Waals surface area contributed by atoms with Gasteiger partial charge in [-0.25, -0.2) is 17.6 Å². The fraction of sp³-hybridized carbons (Fsp3) is 0.250. The predicted molar refractivity (Wildman–Crippen MR) is 58.3 cm³/mol. The topological polar surface area (TPSA) is 17.8 Å². The summed E-state index contributed by atoms with van der Waals surface area (Å²) < 4.78 is 53.8. The molecule has 1 aromatic carbocycles. The lowest BCUT2D eigenvalue weighted by Crippen LogP contribution is -1.94. The Hall–Kier alpha value is -1.85. The Morgan fingerprint density at radius 1 is 1.11 bits per heavy atom. The highest BCUT2D eigenvalue weighted by Crippen LogP contribution is 2.32. The Balaban J connectivity index is 2.65. The molecule has 0 spiro atoms. The van der Waals surface area contributed by atoms with Gasteiger partial charge >= 0.3 is 0 Å². The number of aromatic nitrogens is 2. The molecule has 0 saturated heterocycles. The third kappa shape index (κ3) is 2.10. The van der Waals surface area contributed by atoms with Crippen molar-refractivity contribution in [3.8, 4) is 11.1 Å². The fourth-order valence-electron chi connectivity index (χ4n) is 1.73. The molecule has 1 aromatic heterocycles. The van der Waals surface area contributed by atoms with E-state index in [2.05, 4.69) is 5.10 Å². The third-order valence-corrected chi connectivity index (χ3v) is 2.60. The van der Waals surface area contributed by atoms with Gasteiger partial charge in [0, 0.05) is 24.4 Å². The Morgan fingerprint density at radius 2 is 1.78 bits per heavy atom. The van der Waals surface area contributed by atoms with Crippen LogP contribution in [0.4, 0.5) is 17.6 Å². The number of nitrogens with zero attached hydrogens (tertiary/aromatic N) is 2. The normalized spacial score (nSPS) is 11.3. The first-order valence-corrected chi connectivity index (χ1v) is 5.18. The van der Waals surface area contributed by atoms with Gasteiger partial charge in [-0.3, -0.25) is 4.68 Å². The maximum atomic E-state index is 13.7. The fourth-order valence-corrected chi connectivity index (χ4v) is 1.73. The number of rotatable bonds is 2. The number of hydrogen-bond acceptors (Lipinski definition) is 1. The van der Waals surface area contributed by atoms with E-state index in [1.165, 1.54) is 20.2 Å². The van der Waals surface area contributed by atoms with Crippen molar-refractivity contribution < 1.29 is 17.6 Å². The van der Waals surface area contributed by atoms with Gasteiger partial charge in [-0.1, -0.05) is 0 Å². The first-order valence-electron chi connectivity index (χ1n) is 5.18. The van der Waals surface area contributed by atoms with Crippen LogP contribution in [-0.4, -0.2) is 9.78 Å². The SMILES string of the molecule is Cc1cc(F)c(-c2cn(C)nc2C(F)F)cc1F. The Kier molecular flexibility index (Phi) is 3.11. The van der Waals surface area contributed by atoms with Crippen molar-refractivity contribution in [3.05, 3.63) is 41.2 Å². The Bertz CT molecular complexity index is 590. The van der Waals surface area contributed by atoms with Gasteiger partial charge < -0.3 is 0 Å². The number of benzene rings is 1. The van der Waals surface area contributed by atoms with Crippen LogP contribution in [0, 0.1) is 18.6 Å². The number of hydrogen-bond donors (Lipinski definition) is 0. The van der Waals surface area contributed by atoms with Crippen molar-refractivity contribution in [3.63, 3.8) is 0 Å². The molecule has 2 nitrogen and oxygen atoms in total. The summed E-state index contributed by atoms with van der Waals surface area (Å²) in [5, 5.41) is 3.56. The highest BCUT2D eigenvalue weighted by atomic mass is 19.3. The van der Waals surface area contributed by atoms with Crippen molar-refractivity contribution in [1.29, 1.82) is 0 Å². The molecule has 0 amide bonds. The van der Waals surface area contributed by atoms with Crippen LogP contribution in [0.5, 0.6) is 0 Å². The zero-order chi connectivity index (χ0) is 13.4. The van der Waals surface area contributed by atoms with Crippen molar-refractivity contribution in [2.45, 2.75) is 13.3 Å². The van der Waals surface area contributed by atoms with Crippen LogP contribution in [-0.2, 0) is 7.05 Å². The van der Waals surface area contributed by atoms with Crippen LogP contribution in [0.2, 0.25) is 0 Å². The molecule has 0 bridgehead atoms.